The van der Waals surface area contributed by atoms with Crippen LogP contribution in [0.3, 0.4) is 0 Å². The SMILES string of the molecule is COCC(NC(=O)N(CCC(C)C)CCC(C)C)C(=O)O. The summed E-state index contributed by atoms with van der Waals surface area (Å²) < 4.78 is 4.83. The summed E-state index contributed by atoms with van der Waals surface area (Å²) in [6, 6.07) is -1.34. The summed E-state index contributed by atoms with van der Waals surface area (Å²) >= 11 is 0. The number of nitrogens with zero attached hydrogens (tertiary/aromatic N) is 1. The molecule has 6 nitrogen and oxygen atoms in total. The summed E-state index contributed by atoms with van der Waals surface area (Å²) in [5.74, 6) is -0.0972. The van der Waals surface area contributed by atoms with Crippen LogP contribution in [0.15, 0.2) is 0 Å². The lowest BCUT2D eigenvalue weighted by atomic mass is 10.1. The molecular formula is C15H30N2O4. The molecule has 0 aromatic carbocycles. The third-order valence-electron chi connectivity index (χ3n) is 3.17. The van der Waals surface area contributed by atoms with Crippen molar-refractivity contribution in [1.82, 2.24) is 10.2 Å². The minimum Gasteiger partial charge on any atom is -0.480 e. The monoisotopic (exact) mass is 302 g/mol. The molecule has 0 fully saturated rings. The second kappa shape index (κ2) is 10.4. The number of nitrogens with one attached hydrogen (secondary N) is 1. The Bertz CT molecular complexity index is 307. The zero-order valence-electron chi connectivity index (χ0n) is 13.9. The number of urea groups is 1. The van der Waals surface area contributed by atoms with Crippen molar-refractivity contribution < 1.29 is 19.4 Å². The standard InChI is InChI=1S/C15H30N2O4/c1-11(2)6-8-17(9-7-12(3)4)15(20)16-13(10-21-5)14(18)19/h11-13H,6-10H2,1-5H3,(H,16,20)(H,18,19). The predicted octanol–water partition coefficient (Wildman–Crippen LogP) is 2.19. The second-order valence-corrected chi connectivity index (χ2v) is 6.15. The first-order valence-electron chi connectivity index (χ1n) is 7.55. The van der Waals surface area contributed by atoms with Crippen LogP contribution in [0.5, 0.6) is 0 Å². The van der Waals surface area contributed by atoms with Gasteiger partial charge in [0, 0.05) is 20.2 Å². The summed E-state index contributed by atoms with van der Waals surface area (Å²) in [5.41, 5.74) is 0. The number of carboxylic acids is 1. The number of ether oxygens (including phenoxy) is 1. The number of hydrogen-bond donors (Lipinski definition) is 2. The van der Waals surface area contributed by atoms with Crippen LogP contribution in [-0.4, -0.2) is 54.9 Å². The highest BCUT2D eigenvalue weighted by Gasteiger charge is 2.23. The highest BCUT2D eigenvalue weighted by molar-refractivity contribution is 5.82. The van der Waals surface area contributed by atoms with Crippen LogP contribution < -0.4 is 5.32 Å². The van der Waals surface area contributed by atoms with Crippen LogP contribution in [-0.2, 0) is 9.53 Å². The molecule has 0 aliphatic rings. The molecule has 0 bridgehead atoms. The molecule has 0 saturated carbocycles. The number of hydrogen-bond acceptors (Lipinski definition) is 3. The minimum absolute atomic E-state index is 0.0384. The van der Waals surface area contributed by atoms with Crippen molar-refractivity contribution in [2.24, 2.45) is 11.8 Å². The van der Waals surface area contributed by atoms with E-state index in [4.69, 9.17) is 9.84 Å². The lowest BCUT2D eigenvalue weighted by Gasteiger charge is -2.26. The van der Waals surface area contributed by atoms with Crippen LogP contribution in [0.25, 0.3) is 0 Å². The molecular weight excluding hydrogens is 272 g/mol. The van der Waals surface area contributed by atoms with Crippen LogP contribution >= 0.6 is 0 Å². The molecule has 0 aliphatic heterocycles. The molecule has 6 heteroatoms. The van der Waals surface area contributed by atoms with E-state index in [2.05, 4.69) is 33.0 Å². The van der Waals surface area contributed by atoms with Crippen LogP contribution in [0.2, 0.25) is 0 Å². The summed E-state index contributed by atoms with van der Waals surface area (Å²) in [4.78, 5) is 25.0. The highest BCUT2D eigenvalue weighted by Crippen LogP contribution is 2.07. The van der Waals surface area contributed by atoms with Gasteiger partial charge in [0.15, 0.2) is 6.04 Å². The zero-order chi connectivity index (χ0) is 16.4. The molecule has 0 heterocycles. The van der Waals surface area contributed by atoms with Gasteiger partial charge in [-0.3, -0.25) is 0 Å². The maximum absolute atomic E-state index is 12.3. The van der Waals surface area contributed by atoms with Crippen LogP contribution in [0.4, 0.5) is 4.79 Å². The van der Waals surface area contributed by atoms with Gasteiger partial charge in [0.2, 0.25) is 0 Å². The van der Waals surface area contributed by atoms with Gasteiger partial charge in [-0.05, 0) is 24.7 Å². The molecule has 124 valence electrons. The molecule has 0 saturated heterocycles. The normalized spacial score (nSPS) is 12.5. The molecule has 0 radical (unpaired) electrons. The second-order valence-electron chi connectivity index (χ2n) is 6.15. The van der Waals surface area contributed by atoms with Gasteiger partial charge in [-0.15, -0.1) is 0 Å². The third kappa shape index (κ3) is 9.28. The summed E-state index contributed by atoms with van der Waals surface area (Å²) in [7, 11) is 1.41. The molecule has 0 spiro atoms. The molecule has 1 unspecified atom stereocenters. The van der Waals surface area contributed by atoms with Gasteiger partial charge in [-0.2, -0.15) is 0 Å². The fourth-order valence-corrected chi connectivity index (χ4v) is 1.72. The Morgan fingerprint density at radius 3 is 1.90 bits per heavy atom. The maximum atomic E-state index is 12.3. The Balaban J connectivity index is 4.62. The van der Waals surface area contributed by atoms with Crippen molar-refractivity contribution in [3.05, 3.63) is 0 Å². The average molecular weight is 302 g/mol. The van der Waals surface area contributed by atoms with Crippen molar-refractivity contribution in [2.75, 3.05) is 26.8 Å². The van der Waals surface area contributed by atoms with Gasteiger partial charge < -0.3 is 20.1 Å². The van der Waals surface area contributed by atoms with Crippen LogP contribution in [0, 0.1) is 11.8 Å². The quantitative estimate of drug-likeness (QED) is 0.648. The predicted molar refractivity (Wildman–Crippen MR) is 82.3 cm³/mol. The Labute approximate surface area is 127 Å². The molecule has 1 atom stereocenters. The number of carboxylic acid groups (broad SMARTS) is 1. The van der Waals surface area contributed by atoms with Gasteiger partial charge in [-0.25, -0.2) is 9.59 Å². The van der Waals surface area contributed by atoms with Crippen molar-refractivity contribution >= 4 is 12.0 Å². The Kier molecular flexibility index (Phi) is 9.78. The number of amides is 2. The van der Waals surface area contributed by atoms with E-state index in [0.29, 0.717) is 24.9 Å². The Morgan fingerprint density at radius 1 is 1.10 bits per heavy atom. The van der Waals surface area contributed by atoms with E-state index in [-0.39, 0.29) is 12.6 Å². The molecule has 0 aromatic rings. The maximum Gasteiger partial charge on any atom is 0.328 e. The fourth-order valence-electron chi connectivity index (χ4n) is 1.72. The first kappa shape index (κ1) is 19.7. The van der Waals surface area contributed by atoms with Gasteiger partial charge >= 0.3 is 12.0 Å². The summed E-state index contributed by atoms with van der Waals surface area (Å²) in [6.07, 6.45) is 1.79. The highest BCUT2D eigenvalue weighted by atomic mass is 16.5. The van der Waals surface area contributed by atoms with Crippen molar-refractivity contribution in [1.29, 1.82) is 0 Å². The Morgan fingerprint density at radius 2 is 1.57 bits per heavy atom. The van der Waals surface area contributed by atoms with E-state index < -0.39 is 12.0 Å². The van der Waals surface area contributed by atoms with Gasteiger partial charge in [0.1, 0.15) is 0 Å². The molecule has 21 heavy (non-hydrogen) atoms. The number of carbonyl (C=O) groups is 2. The largest absolute Gasteiger partial charge is 0.480 e. The molecule has 2 amide bonds. The first-order chi connectivity index (χ1) is 9.77. The van der Waals surface area contributed by atoms with Crippen molar-refractivity contribution in [3.8, 4) is 0 Å². The summed E-state index contributed by atoms with van der Waals surface area (Å²) in [6.45, 7) is 9.63. The van der Waals surface area contributed by atoms with Crippen molar-refractivity contribution in [2.45, 2.75) is 46.6 Å². The zero-order valence-corrected chi connectivity index (χ0v) is 13.9. The molecule has 0 rings (SSSR count). The fraction of sp³-hybridized carbons (Fsp3) is 0.867. The van der Waals surface area contributed by atoms with Crippen molar-refractivity contribution in [3.63, 3.8) is 0 Å². The van der Waals surface area contributed by atoms with Gasteiger partial charge in [0.25, 0.3) is 0 Å². The van der Waals surface area contributed by atoms with E-state index in [1.54, 1.807) is 4.90 Å². The van der Waals surface area contributed by atoms with E-state index in [9.17, 15) is 9.59 Å². The lowest BCUT2D eigenvalue weighted by Crippen LogP contribution is -2.50. The minimum atomic E-state index is -1.09. The summed E-state index contributed by atoms with van der Waals surface area (Å²) in [5, 5.41) is 11.6. The van der Waals surface area contributed by atoms with Crippen LogP contribution in [0.1, 0.15) is 40.5 Å². The third-order valence-corrected chi connectivity index (χ3v) is 3.17. The number of methoxy groups -OCH3 is 1. The molecule has 0 aromatic heterocycles. The molecule has 0 aliphatic carbocycles. The van der Waals surface area contributed by atoms with Gasteiger partial charge in [-0.1, -0.05) is 27.7 Å². The smallest absolute Gasteiger partial charge is 0.328 e. The van der Waals surface area contributed by atoms with E-state index >= 15 is 0 Å². The van der Waals surface area contributed by atoms with E-state index in [0.717, 1.165) is 12.8 Å². The number of aliphatic carboxylic acids is 1. The average Bonchev–Trinajstić information content (AvgIpc) is 2.37. The number of rotatable bonds is 10. The lowest BCUT2D eigenvalue weighted by molar-refractivity contribution is -0.140. The Hall–Kier alpha value is -1.30. The first-order valence-corrected chi connectivity index (χ1v) is 7.55. The number of carbonyl (C=O) groups excluding carboxylic acids is 1. The van der Waals surface area contributed by atoms with Gasteiger partial charge in [0.05, 0.1) is 6.61 Å². The van der Waals surface area contributed by atoms with E-state index in [1.165, 1.54) is 7.11 Å². The van der Waals surface area contributed by atoms with E-state index in [1.807, 2.05) is 0 Å². The topological polar surface area (TPSA) is 78.9 Å². The molecule has 2 N–H and O–H groups in total.